The summed E-state index contributed by atoms with van der Waals surface area (Å²) in [7, 11) is 0. The van der Waals surface area contributed by atoms with Gasteiger partial charge in [0.1, 0.15) is 6.61 Å². The second-order valence-corrected chi connectivity index (χ2v) is 5.87. The van der Waals surface area contributed by atoms with Gasteiger partial charge in [0.25, 0.3) is 0 Å². The van der Waals surface area contributed by atoms with E-state index in [1.165, 1.54) is 11.3 Å². The number of aromatic nitrogens is 3. The zero-order valence-electron chi connectivity index (χ0n) is 12.1. The third-order valence-corrected chi connectivity index (χ3v) is 3.92. The first-order chi connectivity index (χ1) is 10.7. The van der Waals surface area contributed by atoms with E-state index in [-0.39, 0.29) is 19.0 Å². The Morgan fingerprint density at radius 1 is 1.32 bits per heavy atom. The fourth-order valence-electron chi connectivity index (χ4n) is 2.02. The van der Waals surface area contributed by atoms with Crippen LogP contribution in [0.5, 0.6) is 0 Å². The average Bonchev–Trinajstić information content (AvgIpc) is 3.18. The summed E-state index contributed by atoms with van der Waals surface area (Å²) in [6.45, 7) is 2.18. The molecule has 0 saturated carbocycles. The summed E-state index contributed by atoms with van der Waals surface area (Å²) in [5.74, 6) is -0.263. The lowest BCUT2D eigenvalue weighted by Gasteiger charge is -2.06. The Morgan fingerprint density at radius 2 is 2.14 bits per heavy atom. The van der Waals surface area contributed by atoms with Gasteiger partial charge in [-0.2, -0.15) is 5.10 Å². The van der Waals surface area contributed by atoms with Crippen molar-refractivity contribution in [2.75, 3.05) is 0 Å². The summed E-state index contributed by atoms with van der Waals surface area (Å²) >= 11 is 1.53. The SMILES string of the molecule is Cc1nc(CC(=O)OCc2ccc(-n3cccn3)cc2)cs1. The molecule has 3 rings (SSSR count). The molecular formula is C16H15N3O2S. The van der Waals surface area contributed by atoms with Crippen molar-refractivity contribution in [2.24, 2.45) is 0 Å². The number of rotatable bonds is 5. The minimum Gasteiger partial charge on any atom is -0.461 e. The molecule has 0 aliphatic carbocycles. The molecule has 0 unspecified atom stereocenters. The lowest BCUT2D eigenvalue weighted by molar-refractivity contribution is -0.144. The van der Waals surface area contributed by atoms with Crippen molar-refractivity contribution >= 4 is 17.3 Å². The number of hydrogen-bond acceptors (Lipinski definition) is 5. The number of esters is 1. The molecule has 3 aromatic rings. The van der Waals surface area contributed by atoms with E-state index < -0.39 is 0 Å². The van der Waals surface area contributed by atoms with Crippen molar-refractivity contribution < 1.29 is 9.53 Å². The van der Waals surface area contributed by atoms with Gasteiger partial charge in [0.05, 0.1) is 22.8 Å². The Balaban J connectivity index is 1.54. The van der Waals surface area contributed by atoms with Crippen LogP contribution >= 0.6 is 11.3 Å². The van der Waals surface area contributed by atoms with Crippen molar-refractivity contribution in [1.29, 1.82) is 0 Å². The zero-order chi connectivity index (χ0) is 15.4. The summed E-state index contributed by atoms with van der Waals surface area (Å²) in [4.78, 5) is 16.0. The molecule has 2 aromatic heterocycles. The second-order valence-electron chi connectivity index (χ2n) is 4.81. The smallest absolute Gasteiger partial charge is 0.312 e. The topological polar surface area (TPSA) is 57.0 Å². The van der Waals surface area contributed by atoms with Crippen molar-refractivity contribution in [3.63, 3.8) is 0 Å². The van der Waals surface area contributed by atoms with Crippen molar-refractivity contribution in [2.45, 2.75) is 20.0 Å². The number of carbonyl (C=O) groups is 1. The molecule has 0 radical (unpaired) electrons. The van der Waals surface area contributed by atoms with Gasteiger partial charge >= 0.3 is 5.97 Å². The predicted octanol–water partition coefficient (Wildman–Crippen LogP) is 2.92. The standard InChI is InChI=1S/C16H15N3O2S/c1-12-18-14(11-22-12)9-16(20)21-10-13-3-5-15(6-4-13)19-8-2-7-17-19/h2-8,11H,9-10H2,1H3. The number of nitrogens with zero attached hydrogens (tertiary/aromatic N) is 3. The molecular weight excluding hydrogens is 298 g/mol. The summed E-state index contributed by atoms with van der Waals surface area (Å²) in [5, 5.41) is 7.00. The van der Waals surface area contributed by atoms with Crippen LogP contribution in [0.15, 0.2) is 48.1 Å². The number of aryl methyl sites for hydroxylation is 1. The van der Waals surface area contributed by atoms with Gasteiger partial charge in [0.2, 0.25) is 0 Å². The van der Waals surface area contributed by atoms with Gasteiger partial charge in [-0.1, -0.05) is 12.1 Å². The maximum atomic E-state index is 11.8. The van der Waals surface area contributed by atoms with Crippen molar-refractivity contribution in [3.8, 4) is 5.69 Å². The van der Waals surface area contributed by atoms with Crippen LogP contribution in [0.25, 0.3) is 5.69 Å². The quantitative estimate of drug-likeness (QED) is 0.680. The highest BCUT2D eigenvalue weighted by molar-refractivity contribution is 7.09. The highest BCUT2D eigenvalue weighted by Gasteiger charge is 2.08. The van der Waals surface area contributed by atoms with Crippen LogP contribution in [0.2, 0.25) is 0 Å². The van der Waals surface area contributed by atoms with E-state index in [2.05, 4.69) is 10.1 Å². The molecule has 0 fully saturated rings. The van der Waals surface area contributed by atoms with E-state index in [1.54, 1.807) is 10.9 Å². The molecule has 5 nitrogen and oxygen atoms in total. The van der Waals surface area contributed by atoms with Crippen molar-refractivity contribution in [1.82, 2.24) is 14.8 Å². The highest BCUT2D eigenvalue weighted by Crippen LogP contribution is 2.11. The minimum atomic E-state index is -0.263. The Morgan fingerprint density at radius 3 is 2.77 bits per heavy atom. The van der Waals surface area contributed by atoms with E-state index in [0.717, 1.165) is 22.0 Å². The third-order valence-electron chi connectivity index (χ3n) is 3.10. The van der Waals surface area contributed by atoms with E-state index in [0.29, 0.717) is 0 Å². The second kappa shape index (κ2) is 6.53. The summed E-state index contributed by atoms with van der Waals surface area (Å²) < 4.78 is 7.05. The Labute approximate surface area is 132 Å². The lowest BCUT2D eigenvalue weighted by atomic mass is 10.2. The maximum absolute atomic E-state index is 11.8. The molecule has 0 amide bonds. The van der Waals surface area contributed by atoms with E-state index in [4.69, 9.17) is 4.74 Å². The molecule has 2 heterocycles. The van der Waals surface area contributed by atoms with Crippen LogP contribution in [0, 0.1) is 6.92 Å². The first-order valence-electron chi connectivity index (χ1n) is 6.86. The van der Waals surface area contributed by atoms with Crippen molar-refractivity contribution in [3.05, 3.63) is 64.4 Å². The molecule has 112 valence electrons. The number of hydrogen-bond donors (Lipinski definition) is 0. The Bertz CT molecular complexity index is 748. The number of ether oxygens (including phenoxy) is 1. The van der Waals surface area contributed by atoms with Gasteiger partial charge in [-0.25, -0.2) is 9.67 Å². The molecule has 0 bridgehead atoms. The number of thiazole rings is 1. The van der Waals surface area contributed by atoms with E-state index in [1.807, 2.05) is 48.8 Å². The van der Waals surface area contributed by atoms with Gasteiger partial charge in [0.15, 0.2) is 0 Å². The minimum absolute atomic E-state index is 0.218. The van der Waals surface area contributed by atoms with E-state index >= 15 is 0 Å². The third kappa shape index (κ3) is 3.59. The van der Waals surface area contributed by atoms with Gasteiger partial charge in [-0.15, -0.1) is 11.3 Å². The maximum Gasteiger partial charge on any atom is 0.312 e. The van der Waals surface area contributed by atoms with E-state index in [9.17, 15) is 4.79 Å². The normalized spacial score (nSPS) is 10.6. The fraction of sp³-hybridized carbons (Fsp3) is 0.188. The lowest BCUT2D eigenvalue weighted by Crippen LogP contribution is -2.08. The Kier molecular flexibility index (Phi) is 4.29. The van der Waals surface area contributed by atoms with Gasteiger partial charge in [-0.05, 0) is 30.7 Å². The first kappa shape index (κ1) is 14.5. The molecule has 22 heavy (non-hydrogen) atoms. The van der Waals surface area contributed by atoms with Crippen LogP contribution < -0.4 is 0 Å². The summed E-state index contributed by atoms with van der Waals surface area (Å²) in [6, 6.07) is 9.62. The molecule has 0 saturated heterocycles. The summed E-state index contributed by atoms with van der Waals surface area (Å²) in [6.07, 6.45) is 3.83. The van der Waals surface area contributed by atoms with Crippen LogP contribution in [0.1, 0.15) is 16.3 Å². The fourth-order valence-corrected chi connectivity index (χ4v) is 2.63. The largest absolute Gasteiger partial charge is 0.461 e. The van der Waals surface area contributed by atoms with Crippen LogP contribution in [0.3, 0.4) is 0 Å². The Hall–Kier alpha value is -2.47. The predicted molar refractivity (Wildman–Crippen MR) is 83.9 cm³/mol. The summed E-state index contributed by atoms with van der Waals surface area (Å²) in [5.41, 5.74) is 2.68. The van der Waals surface area contributed by atoms with Gasteiger partial charge < -0.3 is 4.74 Å². The molecule has 0 N–H and O–H groups in total. The molecule has 0 spiro atoms. The zero-order valence-corrected chi connectivity index (χ0v) is 12.9. The monoisotopic (exact) mass is 313 g/mol. The molecule has 0 atom stereocenters. The number of carbonyl (C=O) groups excluding carboxylic acids is 1. The molecule has 1 aromatic carbocycles. The molecule has 0 aliphatic rings. The molecule has 0 aliphatic heterocycles. The van der Waals surface area contributed by atoms with Crippen LogP contribution in [0.4, 0.5) is 0 Å². The number of benzene rings is 1. The first-order valence-corrected chi connectivity index (χ1v) is 7.74. The average molecular weight is 313 g/mol. The van der Waals surface area contributed by atoms with Gasteiger partial charge in [0, 0.05) is 17.8 Å². The van der Waals surface area contributed by atoms with Crippen LogP contribution in [-0.2, 0) is 22.6 Å². The van der Waals surface area contributed by atoms with Crippen LogP contribution in [-0.4, -0.2) is 20.7 Å². The highest BCUT2D eigenvalue weighted by atomic mass is 32.1. The van der Waals surface area contributed by atoms with Gasteiger partial charge in [-0.3, -0.25) is 4.79 Å². The molecule has 6 heteroatoms.